The van der Waals surface area contributed by atoms with E-state index in [9.17, 15) is 4.79 Å². The lowest BCUT2D eigenvalue weighted by atomic mass is 10.2. The van der Waals surface area contributed by atoms with Crippen LogP contribution in [0.1, 0.15) is 44.1 Å². The first-order valence-corrected chi connectivity index (χ1v) is 6.79. The van der Waals surface area contributed by atoms with Crippen molar-refractivity contribution in [3.63, 3.8) is 0 Å². The minimum Gasteiger partial charge on any atom is -0.472 e. The van der Waals surface area contributed by atoms with Crippen LogP contribution in [0.15, 0.2) is 35.4 Å². The van der Waals surface area contributed by atoms with E-state index in [4.69, 9.17) is 4.42 Å². The maximum absolute atomic E-state index is 12.5. The summed E-state index contributed by atoms with van der Waals surface area (Å²) in [5, 5.41) is 0. The van der Waals surface area contributed by atoms with Crippen LogP contribution in [0, 0.1) is 0 Å². The molecule has 20 heavy (non-hydrogen) atoms. The number of furan rings is 1. The lowest BCUT2D eigenvalue weighted by molar-refractivity contribution is -0.133. The van der Waals surface area contributed by atoms with Gasteiger partial charge in [0.1, 0.15) is 11.9 Å². The molecule has 0 saturated carbocycles. The van der Waals surface area contributed by atoms with Crippen molar-refractivity contribution in [2.24, 2.45) is 0 Å². The molecule has 0 saturated heterocycles. The van der Waals surface area contributed by atoms with Crippen LogP contribution >= 0.6 is 0 Å². The van der Waals surface area contributed by atoms with E-state index in [0.29, 0.717) is 12.5 Å². The van der Waals surface area contributed by atoms with Gasteiger partial charge in [0.2, 0.25) is 5.91 Å². The molecule has 0 fully saturated rings. The third-order valence-corrected chi connectivity index (χ3v) is 3.37. The van der Waals surface area contributed by atoms with Crippen molar-refractivity contribution < 1.29 is 9.21 Å². The Kier molecular flexibility index (Phi) is 4.27. The zero-order valence-electron chi connectivity index (χ0n) is 12.4. The van der Waals surface area contributed by atoms with E-state index in [2.05, 4.69) is 18.8 Å². The molecule has 2 aromatic heterocycles. The number of imidazole rings is 1. The van der Waals surface area contributed by atoms with Crippen molar-refractivity contribution in [2.75, 3.05) is 7.05 Å². The van der Waals surface area contributed by atoms with Crippen molar-refractivity contribution >= 4 is 5.91 Å². The zero-order valence-corrected chi connectivity index (χ0v) is 12.4. The number of amides is 1. The molecule has 2 heterocycles. The average molecular weight is 275 g/mol. The highest BCUT2D eigenvalue weighted by molar-refractivity contribution is 5.79. The monoisotopic (exact) mass is 275 g/mol. The van der Waals surface area contributed by atoms with Crippen molar-refractivity contribution in [3.05, 3.63) is 42.4 Å². The van der Waals surface area contributed by atoms with Gasteiger partial charge in [0.25, 0.3) is 0 Å². The van der Waals surface area contributed by atoms with Crippen LogP contribution in [0.25, 0.3) is 0 Å². The predicted octanol–water partition coefficient (Wildman–Crippen LogP) is 2.82. The molecule has 0 bridgehead atoms. The van der Waals surface area contributed by atoms with E-state index in [1.807, 2.05) is 23.8 Å². The molecule has 108 valence electrons. The first kappa shape index (κ1) is 14.4. The van der Waals surface area contributed by atoms with Gasteiger partial charge in [0.05, 0.1) is 12.5 Å². The fourth-order valence-corrected chi connectivity index (χ4v) is 2.27. The van der Waals surface area contributed by atoms with Gasteiger partial charge >= 0.3 is 0 Å². The highest BCUT2D eigenvalue weighted by Crippen LogP contribution is 2.19. The second kappa shape index (κ2) is 5.94. The van der Waals surface area contributed by atoms with Gasteiger partial charge in [0, 0.05) is 37.5 Å². The maximum atomic E-state index is 12.5. The Balaban J connectivity index is 2.09. The number of hydrogen-bond acceptors (Lipinski definition) is 3. The molecule has 0 aliphatic carbocycles. The second-order valence-electron chi connectivity index (χ2n) is 5.35. The summed E-state index contributed by atoms with van der Waals surface area (Å²) in [5.41, 5.74) is 0.989. The van der Waals surface area contributed by atoms with Crippen LogP contribution in [0.3, 0.4) is 0 Å². The SMILES string of the molecule is CC(C)c1nccn1[C@H](C)C(=O)N(C)Cc1ccoc1. The molecule has 2 aromatic rings. The minimum atomic E-state index is -0.258. The number of likely N-dealkylation sites (N-methyl/N-ethyl adjacent to an activating group) is 1. The zero-order chi connectivity index (χ0) is 14.7. The smallest absolute Gasteiger partial charge is 0.245 e. The maximum Gasteiger partial charge on any atom is 0.245 e. The molecule has 0 aliphatic heterocycles. The third kappa shape index (κ3) is 2.92. The van der Waals surface area contributed by atoms with Crippen LogP contribution in [-0.2, 0) is 11.3 Å². The molecule has 2 rings (SSSR count). The summed E-state index contributed by atoms with van der Waals surface area (Å²) in [6.07, 6.45) is 6.88. The minimum absolute atomic E-state index is 0.0612. The van der Waals surface area contributed by atoms with E-state index >= 15 is 0 Å². The number of hydrogen-bond donors (Lipinski definition) is 0. The summed E-state index contributed by atoms with van der Waals surface area (Å²) in [7, 11) is 1.80. The Morgan fingerprint density at radius 2 is 2.20 bits per heavy atom. The number of rotatable bonds is 5. The van der Waals surface area contributed by atoms with Crippen LogP contribution < -0.4 is 0 Å². The lowest BCUT2D eigenvalue weighted by Gasteiger charge is -2.23. The van der Waals surface area contributed by atoms with Crippen LogP contribution in [0.5, 0.6) is 0 Å². The number of carbonyl (C=O) groups excluding carboxylic acids is 1. The Bertz CT molecular complexity index is 557. The van der Waals surface area contributed by atoms with Gasteiger partial charge in [-0.2, -0.15) is 0 Å². The molecule has 0 N–H and O–H groups in total. The normalized spacial score (nSPS) is 12.7. The topological polar surface area (TPSA) is 51.3 Å². The van der Waals surface area contributed by atoms with Gasteiger partial charge in [-0.1, -0.05) is 13.8 Å². The van der Waals surface area contributed by atoms with Crippen molar-refractivity contribution in [1.29, 1.82) is 0 Å². The number of carbonyl (C=O) groups is 1. The summed E-state index contributed by atoms with van der Waals surface area (Å²) in [6, 6.07) is 1.61. The molecule has 0 spiro atoms. The molecule has 5 heteroatoms. The van der Waals surface area contributed by atoms with Crippen molar-refractivity contribution in [1.82, 2.24) is 14.5 Å². The number of nitrogens with zero attached hydrogens (tertiary/aromatic N) is 3. The first-order valence-electron chi connectivity index (χ1n) is 6.79. The second-order valence-corrected chi connectivity index (χ2v) is 5.35. The summed E-state index contributed by atoms with van der Waals surface area (Å²) < 4.78 is 6.97. The van der Waals surface area contributed by atoms with Crippen molar-refractivity contribution in [3.8, 4) is 0 Å². The Hall–Kier alpha value is -2.04. The highest BCUT2D eigenvalue weighted by Gasteiger charge is 2.22. The van der Waals surface area contributed by atoms with Gasteiger partial charge in [-0.3, -0.25) is 4.79 Å². The largest absolute Gasteiger partial charge is 0.472 e. The summed E-state index contributed by atoms with van der Waals surface area (Å²) in [5.74, 6) is 1.29. The fourth-order valence-electron chi connectivity index (χ4n) is 2.27. The molecule has 0 aromatic carbocycles. The van der Waals surface area contributed by atoms with Gasteiger partial charge in [-0.15, -0.1) is 0 Å². The van der Waals surface area contributed by atoms with Crippen molar-refractivity contribution in [2.45, 2.75) is 39.3 Å². The van der Waals surface area contributed by atoms with E-state index in [1.165, 1.54) is 0 Å². The summed E-state index contributed by atoms with van der Waals surface area (Å²) >= 11 is 0. The van der Waals surface area contributed by atoms with Crippen LogP contribution in [0.4, 0.5) is 0 Å². The van der Waals surface area contributed by atoms with E-state index in [-0.39, 0.29) is 11.9 Å². The molecular formula is C15H21N3O2. The quantitative estimate of drug-likeness (QED) is 0.843. The Labute approximate surface area is 119 Å². The van der Waals surface area contributed by atoms with Gasteiger partial charge in [-0.05, 0) is 13.0 Å². The van der Waals surface area contributed by atoms with E-state index < -0.39 is 0 Å². The molecule has 0 unspecified atom stereocenters. The molecule has 1 atom stereocenters. The average Bonchev–Trinajstić information content (AvgIpc) is 3.07. The fraction of sp³-hybridized carbons (Fsp3) is 0.467. The Morgan fingerprint density at radius 1 is 1.45 bits per heavy atom. The molecule has 0 radical (unpaired) electrons. The molecule has 0 aliphatic rings. The summed E-state index contributed by atoms with van der Waals surface area (Å²) in [6.45, 7) is 6.60. The van der Waals surface area contributed by atoms with Gasteiger partial charge < -0.3 is 13.9 Å². The lowest BCUT2D eigenvalue weighted by Crippen LogP contribution is -2.33. The summed E-state index contributed by atoms with van der Waals surface area (Å²) in [4.78, 5) is 18.5. The Morgan fingerprint density at radius 3 is 2.80 bits per heavy atom. The standard InChI is InChI=1S/C15H21N3O2/c1-11(2)14-16-6-7-18(14)12(3)15(19)17(4)9-13-5-8-20-10-13/h5-8,10-12H,9H2,1-4H3/t12-/m1/s1. The third-order valence-electron chi connectivity index (χ3n) is 3.37. The molecular weight excluding hydrogens is 254 g/mol. The van der Waals surface area contributed by atoms with Gasteiger partial charge in [-0.25, -0.2) is 4.98 Å². The van der Waals surface area contributed by atoms with E-state index in [0.717, 1.165) is 11.4 Å². The highest BCUT2D eigenvalue weighted by atomic mass is 16.3. The predicted molar refractivity (Wildman–Crippen MR) is 76.2 cm³/mol. The molecule has 1 amide bonds. The van der Waals surface area contributed by atoms with E-state index in [1.54, 1.807) is 30.7 Å². The first-order chi connectivity index (χ1) is 9.50. The van der Waals surface area contributed by atoms with Gasteiger partial charge in [0.15, 0.2) is 0 Å². The van der Waals surface area contributed by atoms with Crippen LogP contribution in [-0.4, -0.2) is 27.4 Å². The van der Waals surface area contributed by atoms with Crippen LogP contribution in [0.2, 0.25) is 0 Å². The molecule has 5 nitrogen and oxygen atoms in total. The number of aromatic nitrogens is 2.